The average Bonchev–Trinajstić information content (AvgIpc) is 2.56. The molecule has 0 atom stereocenters. The Balaban J connectivity index is 1.94. The molecule has 0 bridgehead atoms. The largest absolute Gasteiger partial charge is 0.421 e. The van der Waals surface area contributed by atoms with Crippen LogP contribution >= 0.6 is 27.5 Å². The Bertz CT molecular complexity index is 917. The van der Waals surface area contributed by atoms with Gasteiger partial charge in [-0.2, -0.15) is 18.2 Å². The van der Waals surface area contributed by atoms with Crippen molar-refractivity contribution in [3.8, 4) is 0 Å². The van der Waals surface area contributed by atoms with Crippen molar-refractivity contribution in [2.24, 2.45) is 0 Å². The average molecular weight is 444 g/mol. The van der Waals surface area contributed by atoms with E-state index in [1.54, 1.807) is 48.5 Å². The third-order valence-electron chi connectivity index (χ3n) is 3.28. The van der Waals surface area contributed by atoms with Gasteiger partial charge >= 0.3 is 6.18 Å². The summed E-state index contributed by atoms with van der Waals surface area (Å²) in [5, 5.41) is 6.09. The zero-order valence-electron chi connectivity index (χ0n) is 13.0. The molecule has 0 amide bonds. The van der Waals surface area contributed by atoms with E-state index in [1.165, 1.54) is 0 Å². The van der Waals surface area contributed by atoms with E-state index in [1.807, 2.05) is 0 Å². The van der Waals surface area contributed by atoms with Gasteiger partial charge in [0.15, 0.2) is 0 Å². The lowest BCUT2D eigenvalue weighted by atomic mass is 10.2. The maximum atomic E-state index is 13.3. The molecule has 1 aromatic heterocycles. The molecule has 134 valence electrons. The lowest BCUT2D eigenvalue weighted by molar-refractivity contribution is -0.137. The van der Waals surface area contributed by atoms with E-state index in [2.05, 4.69) is 36.5 Å². The van der Waals surface area contributed by atoms with Crippen molar-refractivity contribution >= 4 is 50.7 Å². The van der Waals surface area contributed by atoms with Crippen molar-refractivity contribution in [2.45, 2.75) is 6.18 Å². The van der Waals surface area contributed by atoms with Gasteiger partial charge in [0.05, 0.1) is 0 Å². The summed E-state index contributed by atoms with van der Waals surface area (Å²) in [5.74, 6) is -0.320. The van der Waals surface area contributed by atoms with Crippen LogP contribution in [-0.2, 0) is 6.18 Å². The molecule has 3 rings (SSSR count). The molecular formula is C17H11BrClF3N4. The van der Waals surface area contributed by atoms with Crippen LogP contribution in [0.5, 0.6) is 0 Å². The minimum Gasteiger partial charge on any atom is -0.340 e. The summed E-state index contributed by atoms with van der Waals surface area (Å²) >= 11 is 9.10. The molecule has 4 nitrogen and oxygen atoms in total. The van der Waals surface area contributed by atoms with Gasteiger partial charge < -0.3 is 10.6 Å². The molecule has 9 heteroatoms. The minimum absolute atomic E-state index is 0.0258. The van der Waals surface area contributed by atoms with Gasteiger partial charge in [-0.25, -0.2) is 4.98 Å². The van der Waals surface area contributed by atoms with Crippen LogP contribution in [0.2, 0.25) is 5.02 Å². The fraction of sp³-hybridized carbons (Fsp3) is 0.0588. The third kappa shape index (κ3) is 4.64. The smallest absolute Gasteiger partial charge is 0.340 e. The van der Waals surface area contributed by atoms with Gasteiger partial charge in [-0.05, 0) is 42.5 Å². The van der Waals surface area contributed by atoms with Gasteiger partial charge in [0, 0.05) is 27.1 Å². The van der Waals surface area contributed by atoms with Crippen LogP contribution in [0.4, 0.5) is 36.3 Å². The molecule has 0 unspecified atom stereocenters. The Labute approximate surface area is 160 Å². The topological polar surface area (TPSA) is 49.8 Å². The first-order valence-electron chi connectivity index (χ1n) is 7.31. The van der Waals surface area contributed by atoms with Crippen LogP contribution in [0.25, 0.3) is 0 Å². The molecule has 1 heterocycles. The van der Waals surface area contributed by atoms with E-state index < -0.39 is 11.7 Å². The molecule has 0 saturated carbocycles. The molecule has 2 N–H and O–H groups in total. The number of benzene rings is 2. The number of alkyl halides is 3. The van der Waals surface area contributed by atoms with E-state index in [-0.39, 0.29) is 11.8 Å². The van der Waals surface area contributed by atoms with Gasteiger partial charge in [-0.15, -0.1) is 0 Å². The SMILES string of the molecule is FC(F)(F)c1cnc(Nc2ccc(Cl)cc2)nc1Nc1cccc(Br)c1. The van der Waals surface area contributed by atoms with Crippen molar-refractivity contribution in [1.29, 1.82) is 0 Å². The second-order valence-corrected chi connectivity index (χ2v) is 6.57. The number of nitrogens with zero attached hydrogens (tertiary/aromatic N) is 2. The highest BCUT2D eigenvalue weighted by molar-refractivity contribution is 9.10. The van der Waals surface area contributed by atoms with Crippen molar-refractivity contribution in [1.82, 2.24) is 9.97 Å². The fourth-order valence-corrected chi connectivity index (χ4v) is 2.64. The maximum absolute atomic E-state index is 13.3. The lowest BCUT2D eigenvalue weighted by Crippen LogP contribution is -2.12. The molecule has 0 fully saturated rings. The summed E-state index contributed by atoms with van der Waals surface area (Å²) in [7, 11) is 0. The van der Waals surface area contributed by atoms with Gasteiger partial charge in [0.2, 0.25) is 5.95 Å². The summed E-state index contributed by atoms with van der Waals surface area (Å²) in [5.41, 5.74) is 0.0997. The highest BCUT2D eigenvalue weighted by Crippen LogP contribution is 2.35. The van der Waals surface area contributed by atoms with E-state index in [9.17, 15) is 13.2 Å². The fourth-order valence-electron chi connectivity index (χ4n) is 2.11. The predicted molar refractivity (Wildman–Crippen MR) is 99.2 cm³/mol. The molecule has 0 aliphatic heterocycles. The number of anilines is 4. The Morgan fingerprint density at radius 1 is 0.962 bits per heavy atom. The van der Waals surface area contributed by atoms with Crippen molar-refractivity contribution in [3.05, 3.63) is 69.8 Å². The normalized spacial score (nSPS) is 11.3. The molecule has 2 aromatic carbocycles. The van der Waals surface area contributed by atoms with Gasteiger partial charge in [0.25, 0.3) is 0 Å². The zero-order chi connectivity index (χ0) is 18.7. The highest BCUT2D eigenvalue weighted by Gasteiger charge is 2.35. The second-order valence-electron chi connectivity index (χ2n) is 5.22. The number of nitrogens with one attached hydrogen (secondary N) is 2. The van der Waals surface area contributed by atoms with E-state index >= 15 is 0 Å². The van der Waals surface area contributed by atoms with Crippen LogP contribution in [0.3, 0.4) is 0 Å². The van der Waals surface area contributed by atoms with E-state index in [4.69, 9.17) is 11.6 Å². The van der Waals surface area contributed by atoms with Crippen molar-refractivity contribution in [3.63, 3.8) is 0 Å². The number of aromatic nitrogens is 2. The first-order chi connectivity index (χ1) is 12.3. The monoisotopic (exact) mass is 442 g/mol. The maximum Gasteiger partial charge on any atom is 0.421 e. The summed E-state index contributed by atoms with van der Waals surface area (Å²) < 4.78 is 40.5. The molecule has 0 saturated heterocycles. The Morgan fingerprint density at radius 3 is 2.35 bits per heavy atom. The molecule has 0 aliphatic carbocycles. The Morgan fingerprint density at radius 2 is 1.69 bits per heavy atom. The second kappa shape index (κ2) is 7.51. The molecule has 0 spiro atoms. The van der Waals surface area contributed by atoms with E-state index in [0.29, 0.717) is 16.4 Å². The summed E-state index contributed by atoms with van der Waals surface area (Å²) in [6.07, 6.45) is -3.85. The van der Waals surface area contributed by atoms with Crippen molar-refractivity contribution in [2.75, 3.05) is 10.6 Å². The number of hydrogen-bond donors (Lipinski definition) is 2. The summed E-state index contributed by atoms with van der Waals surface area (Å²) in [6.45, 7) is 0. The number of rotatable bonds is 4. The van der Waals surface area contributed by atoms with E-state index in [0.717, 1.165) is 10.7 Å². The predicted octanol–water partition coefficient (Wildman–Crippen LogP) is 6.40. The number of halogens is 5. The summed E-state index contributed by atoms with van der Waals surface area (Å²) in [4.78, 5) is 7.74. The van der Waals surface area contributed by atoms with Gasteiger partial charge in [0.1, 0.15) is 11.4 Å². The molecule has 0 aliphatic rings. The highest BCUT2D eigenvalue weighted by atomic mass is 79.9. The number of hydrogen-bond acceptors (Lipinski definition) is 4. The summed E-state index contributed by atoms with van der Waals surface area (Å²) in [6, 6.07) is 13.4. The molecule has 0 radical (unpaired) electrons. The van der Waals surface area contributed by atoms with Gasteiger partial charge in [-0.3, -0.25) is 0 Å². The van der Waals surface area contributed by atoms with Crippen LogP contribution in [-0.4, -0.2) is 9.97 Å². The first-order valence-corrected chi connectivity index (χ1v) is 8.48. The van der Waals surface area contributed by atoms with Crippen LogP contribution in [0, 0.1) is 0 Å². The third-order valence-corrected chi connectivity index (χ3v) is 4.03. The zero-order valence-corrected chi connectivity index (χ0v) is 15.3. The quantitative estimate of drug-likeness (QED) is 0.490. The first kappa shape index (κ1) is 18.5. The Hall–Kier alpha value is -2.32. The van der Waals surface area contributed by atoms with Crippen LogP contribution < -0.4 is 10.6 Å². The van der Waals surface area contributed by atoms with Gasteiger partial charge in [-0.1, -0.05) is 33.6 Å². The molecular weight excluding hydrogens is 433 g/mol. The molecule has 3 aromatic rings. The Kier molecular flexibility index (Phi) is 5.33. The molecule has 26 heavy (non-hydrogen) atoms. The minimum atomic E-state index is -4.59. The standard InChI is InChI=1S/C17H11BrClF3N4/c18-10-2-1-3-13(8-10)24-15-14(17(20,21)22)9-23-16(26-15)25-12-6-4-11(19)5-7-12/h1-9H,(H2,23,24,25,26). The van der Waals surface area contributed by atoms with Crippen LogP contribution in [0.15, 0.2) is 59.2 Å². The van der Waals surface area contributed by atoms with Crippen molar-refractivity contribution < 1.29 is 13.2 Å². The van der Waals surface area contributed by atoms with Crippen LogP contribution in [0.1, 0.15) is 5.56 Å². The lowest BCUT2D eigenvalue weighted by Gasteiger charge is -2.15.